The SMILES string of the molecule is CC1CCCC(C2(O)CCC(C)(C)C2)C1. The molecule has 1 N–H and O–H groups in total. The van der Waals surface area contributed by atoms with Gasteiger partial charge in [0.15, 0.2) is 0 Å². The van der Waals surface area contributed by atoms with Crippen molar-refractivity contribution in [2.45, 2.75) is 71.3 Å². The maximum atomic E-state index is 10.8. The van der Waals surface area contributed by atoms with Crippen molar-refractivity contribution in [1.82, 2.24) is 0 Å². The standard InChI is InChI=1S/C14H26O/c1-11-5-4-6-12(9-11)14(15)8-7-13(2,3)10-14/h11-12,15H,4-10H2,1-3H3. The van der Waals surface area contributed by atoms with E-state index in [4.69, 9.17) is 0 Å². The van der Waals surface area contributed by atoms with Crippen molar-refractivity contribution in [3.05, 3.63) is 0 Å². The van der Waals surface area contributed by atoms with Gasteiger partial charge in [0.2, 0.25) is 0 Å². The van der Waals surface area contributed by atoms with Crippen LogP contribution in [-0.2, 0) is 0 Å². The molecule has 0 heterocycles. The third kappa shape index (κ3) is 2.38. The molecular weight excluding hydrogens is 184 g/mol. The van der Waals surface area contributed by atoms with Gasteiger partial charge in [-0.05, 0) is 49.4 Å². The monoisotopic (exact) mass is 210 g/mol. The quantitative estimate of drug-likeness (QED) is 0.699. The maximum absolute atomic E-state index is 10.8. The molecule has 0 bridgehead atoms. The lowest BCUT2D eigenvalue weighted by atomic mass is 9.71. The fourth-order valence-corrected chi connectivity index (χ4v) is 3.83. The van der Waals surface area contributed by atoms with Gasteiger partial charge in [0, 0.05) is 0 Å². The Morgan fingerprint density at radius 1 is 1.13 bits per heavy atom. The molecule has 3 atom stereocenters. The molecule has 0 aromatic heterocycles. The van der Waals surface area contributed by atoms with Gasteiger partial charge < -0.3 is 5.11 Å². The van der Waals surface area contributed by atoms with Crippen LogP contribution in [0.3, 0.4) is 0 Å². The zero-order valence-corrected chi connectivity index (χ0v) is 10.6. The number of aliphatic hydroxyl groups is 1. The predicted octanol–water partition coefficient (Wildman–Crippen LogP) is 3.75. The highest BCUT2D eigenvalue weighted by atomic mass is 16.3. The van der Waals surface area contributed by atoms with Crippen molar-refractivity contribution in [3.63, 3.8) is 0 Å². The molecule has 0 radical (unpaired) electrons. The van der Waals surface area contributed by atoms with Crippen LogP contribution in [0.1, 0.15) is 65.7 Å². The second kappa shape index (κ2) is 3.76. The maximum Gasteiger partial charge on any atom is 0.0681 e. The molecule has 15 heavy (non-hydrogen) atoms. The summed E-state index contributed by atoms with van der Waals surface area (Å²) in [5.74, 6) is 1.42. The molecule has 0 aliphatic heterocycles. The van der Waals surface area contributed by atoms with Gasteiger partial charge in [0.05, 0.1) is 5.60 Å². The van der Waals surface area contributed by atoms with Crippen molar-refractivity contribution in [3.8, 4) is 0 Å². The van der Waals surface area contributed by atoms with E-state index < -0.39 is 0 Å². The van der Waals surface area contributed by atoms with Gasteiger partial charge >= 0.3 is 0 Å². The van der Waals surface area contributed by atoms with E-state index in [0.29, 0.717) is 11.3 Å². The summed E-state index contributed by atoms with van der Waals surface area (Å²) in [7, 11) is 0. The molecule has 2 aliphatic rings. The van der Waals surface area contributed by atoms with Crippen LogP contribution in [0.5, 0.6) is 0 Å². The fourth-order valence-electron chi connectivity index (χ4n) is 3.83. The molecule has 0 aromatic rings. The van der Waals surface area contributed by atoms with Gasteiger partial charge in [-0.3, -0.25) is 0 Å². The molecule has 1 heteroatoms. The summed E-state index contributed by atoms with van der Waals surface area (Å²) >= 11 is 0. The van der Waals surface area contributed by atoms with Crippen molar-refractivity contribution in [2.75, 3.05) is 0 Å². The van der Waals surface area contributed by atoms with Crippen LogP contribution in [0.25, 0.3) is 0 Å². The Balaban J connectivity index is 2.03. The minimum Gasteiger partial charge on any atom is -0.390 e. The van der Waals surface area contributed by atoms with Crippen LogP contribution in [0.2, 0.25) is 0 Å². The summed E-state index contributed by atoms with van der Waals surface area (Å²) in [5.41, 5.74) is 0.0492. The van der Waals surface area contributed by atoms with Gasteiger partial charge in [0.1, 0.15) is 0 Å². The molecule has 0 spiro atoms. The van der Waals surface area contributed by atoms with E-state index in [1.165, 1.54) is 32.1 Å². The summed E-state index contributed by atoms with van der Waals surface area (Å²) in [6.45, 7) is 6.95. The van der Waals surface area contributed by atoms with E-state index >= 15 is 0 Å². The fraction of sp³-hybridized carbons (Fsp3) is 1.00. The van der Waals surface area contributed by atoms with Crippen molar-refractivity contribution < 1.29 is 5.11 Å². The van der Waals surface area contributed by atoms with E-state index in [9.17, 15) is 5.11 Å². The smallest absolute Gasteiger partial charge is 0.0681 e. The predicted molar refractivity (Wildman–Crippen MR) is 63.7 cm³/mol. The summed E-state index contributed by atoms with van der Waals surface area (Å²) in [4.78, 5) is 0. The van der Waals surface area contributed by atoms with E-state index in [-0.39, 0.29) is 5.60 Å². The minimum absolute atomic E-state index is 0.321. The van der Waals surface area contributed by atoms with Crippen LogP contribution in [0, 0.1) is 17.3 Å². The molecule has 0 amide bonds. The first-order valence-corrected chi connectivity index (χ1v) is 6.64. The van der Waals surface area contributed by atoms with Crippen LogP contribution in [-0.4, -0.2) is 10.7 Å². The molecular formula is C14H26O. The molecule has 3 unspecified atom stereocenters. The van der Waals surface area contributed by atoms with E-state index in [1.807, 2.05) is 0 Å². The van der Waals surface area contributed by atoms with Gasteiger partial charge in [0.25, 0.3) is 0 Å². The molecule has 2 rings (SSSR count). The molecule has 88 valence electrons. The van der Waals surface area contributed by atoms with Crippen LogP contribution >= 0.6 is 0 Å². The summed E-state index contributed by atoms with van der Waals surface area (Å²) in [6.07, 6.45) is 8.48. The Hall–Kier alpha value is -0.0400. The second-order valence-corrected chi connectivity index (χ2v) is 6.91. The Morgan fingerprint density at radius 2 is 1.87 bits per heavy atom. The average Bonchev–Trinajstić information content (AvgIpc) is 2.42. The molecule has 0 saturated heterocycles. The lowest BCUT2D eigenvalue weighted by Crippen LogP contribution is -2.38. The number of hydrogen-bond donors (Lipinski definition) is 1. The highest BCUT2D eigenvalue weighted by molar-refractivity contribution is 4.99. The first-order valence-electron chi connectivity index (χ1n) is 6.64. The van der Waals surface area contributed by atoms with Crippen LogP contribution in [0.15, 0.2) is 0 Å². The first kappa shape index (κ1) is 11.4. The minimum atomic E-state index is -0.321. The second-order valence-electron chi connectivity index (χ2n) is 6.91. The van der Waals surface area contributed by atoms with E-state index in [2.05, 4.69) is 20.8 Å². The number of hydrogen-bond acceptors (Lipinski definition) is 1. The normalized spacial score (nSPS) is 45.6. The summed E-state index contributed by atoms with van der Waals surface area (Å²) < 4.78 is 0. The van der Waals surface area contributed by atoms with Crippen LogP contribution < -0.4 is 0 Å². The highest BCUT2D eigenvalue weighted by Gasteiger charge is 2.47. The molecule has 2 fully saturated rings. The van der Waals surface area contributed by atoms with Crippen molar-refractivity contribution in [1.29, 1.82) is 0 Å². The van der Waals surface area contributed by atoms with Gasteiger partial charge in [-0.15, -0.1) is 0 Å². The van der Waals surface area contributed by atoms with Gasteiger partial charge in [-0.25, -0.2) is 0 Å². The Labute approximate surface area is 94.3 Å². The highest BCUT2D eigenvalue weighted by Crippen LogP contribution is 2.50. The summed E-state index contributed by atoms with van der Waals surface area (Å²) in [6, 6.07) is 0. The summed E-state index contributed by atoms with van der Waals surface area (Å²) in [5, 5.41) is 10.8. The topological polar surface area (TPSA) is 20.2 Å². The van der Waals surface area contributed by atoms with Crippen LogP contribution in [0.4, 0.5) is 0 Å². The van der Waals surface area contributed by atoms with Gasteiger partial charge in [-0.1, -0.05) is 33.6 Å². The largest absolute Gasteiger partial charge is 0.390 e. The van der Waals surface area contributed by atoms with Crippen molar-refractivity contribution in [2.24, 2.45) is 17.3 Å². The average molecular weight is 210 g/mol. The lowest BCUT2D eigenvalue weighted by Gasteiger charge is -2.38. The molecule has 2 saturated carbocycles. The van der Waals surface area contributed by atoms with Gasteiger partial charge in [-0.2, -0.15) is 0 Å². The zero-order chi connectivity index (χ0) is 11.1. The Bertz CT molecular complexity index is 233. The Kier molecular flexibility index (Phi) is 2.87. The molecule has 1 nitrogen and oxygen atoms in total. The third-order valence-electron chi connectivity index (χ3n) is 4.72. The van der Waals surface area contributed by atoms with E-state index in [1.54, 1.807) is 0 Å². The van der Waals surface area contributed by atoms with E-state index in [0.717, 1.165) is 18.8 Å². The number of rotatable bonds is 1. The zero-order valence-electron chi connectivity index (χ0n) is 10.6. The molecule has 2 aliphatic carbocycles. The van der Waals surface area contributed by atoms with Crippen molar-refractivity contribution >= 4 is 0 Å². The molecule has 0 aromatic carbocycles. The Morgan fingerprint density at radius 3 is 2.40 bits per heavy atom. The lowest BCUT2D eigenvalue weighted by molar-refractivity contribution is -0.0412. The third-order valence-corrected chi connectivity index (χ3v) is 4.72. The first-order chi connectivity index (χ1) is 6.91.